The Balaban J connectivity index is 3.09. The minimum absolute atomic E-state index is 0.190. The van der Waals surface area contributed by atoms with Gasteiger partial charge in [0.1, 0.15) is 0 Å². The van der Waals surface area contributed by atoms with Gasteiger partial charge < -0.3 is 16.4 Å². The van der Waals surface area contributed by atoms with E-state index in [9.17, 15) is 4.79 Å². The minimum atomic E-state index is 0.190. The Morgan fingerprint density at radius 1 is 0.630 bits per heavy atom. The third-order valence-corrected chi connectivity index (χ3v) is 5.20. The Morgan fingerprint density at radius 3 is 1.52 bits per heavy atom. The molecule has 4 heteroatoms. The van der Waals surface area contributed by atoms with Gasteiger partial charge in [-0.2, -0.15) is 0 Å². The van der Waals surface area contributed by atoms with Gasteiger partial charge in [-0.05, 0) is 6.42 Å². The summed E-state index contributed by atoms with van der Waals surface area (Å²) in [6.45, 7) is 5.26. The zero-order chi connectivity index (χ0) is 19.8. The summed E-state index contributed by atoms with van der Waals surface area (Å²) >= 11 is 0. The molecule has 0 aromatic heterocycles. The zero-order valence-electron chi connectivity index (χ0n) is 18.3. The van der Waals surface area contributed by atoms with Crippen LogP contribution in [0.1, 0.15) is 116 Å². The van der Waals surface area contributed by atoms with Crippen LogP contribution in [0.5, 0.6) is 0 Å². The normalized spacial score (nSPS) is 11.0. The summed E-state index contributed by atoms with van der Waals surface area (Å²) in [6.07, 6.45) is 22.5. The topological polar surface area (TPSA) is 67.2 Å². The Morgan fingerprint density at radius 2 is 1.07 bits per heavy atom. The number of hydrogen-bond donors (Lipinski definition) is 3. The van der Waals surface area contributed by atoms with Crippen molar-refractivity contribution < 1.29 is 4.79 Å². The van der Waals surface area contributed by atoms with Crippen molar-refractivity contribution in [2.45, 2.75) is 116 Å². The first kappa shape index (κ1) is 26.4. The number of unbranched alkanes of at least 4 members (excludes halogenated alkanes) is 15. The van der Waals surface area contributed by atoms with Gasteiger partial charge in [-0.1, -0.05) is 103 Å². The standard InChI is InChI=1S/C23H49N3O/c1-2-3-4-5-6-7-8-9-10-11-12-13-14-15-16-17-18-23(27)26-22-21-25-20-19-24/h25H,2-22,24H2,1H3,(H,26,27). The second-order valence-electron chi connectivity index (χ2n) is 7.94. The molecule has 0 saturated carbocycles. The number of nitrogens with one attached hydrogen (secondary N) is 2. The largest absolute Gasteiger partial charge is 0.355 e. The van der Waals surface area contributed by atoms with E-state index in [1.54, 1.807) is 0 Å². The molecule has 0 aliphatic rings. The molecule has 1 amide bonds. The average Bonchev–Trinajstić information content (AvgIpc) is 2.67. The highest BCUT2D eigenvalue weighted by atomic mass is 16.1. The molecule has 27 heavy (non-hydrogen) atoms. The van der Waals surface area contributed by atoms with Crippen LogP contribution in [0.2, 0.25) is 0 Å². The molecule has 0 radical (unpaired) electrons. The van der Waals surface area contributed by atoms with E-state index >= 15 is 0 Å². The molecular formula is C23H49N3O. The van der Waals surface area contributed by atoms with Crippen molar-refractivity contribution in [2.24, 2.45) is 5.73 Å². The maximum atomic E-state index is 11.7. The Hall–Kier alpha value is -0.610. The molecule has 0 aliphatic heterocycles. The zero-order valence-corrected chi connectivity index (χ0v) is 18.3. The second-order valence-corrected chi connectivity index (χ2v) is 7.94. The summed E-state index contributed by atoms with van der Waals surface area (Å²) in [4.78, 5) is 11.7. The quantitative estimate of drug-likeness (QED) is 0.222. The van der Waals surface area contributed by atoms with E-state index in [0.717, 1.165) is 19.5 Å². The number of nitrogens with two attached hydrogens (primary N) is 1. The molecule has 0 aliphatic carbocycles. The number of hydrogen-bond acceptors (Lipinski definition) is 3. The summed E-state index contributed by atoms with van der Waals surface area (Å²) in [5.74, 6) is 0.190. The molecule has 0 spiro atoms. The highest BCUT2D eigenvalue weighted by Crippen LogP contribution is 2.13. The predicted molar refractivity (Wildman–Crippen MR) is 119 cm³/mol. The number of amides is 1. The van der Waals surface area contributed by atoms with Crippen LogP contribution in [0, 0.1) is 0 Å². The van der Waals surface area contributed by atoms with Crippen LogP contribution in [-0.4, -0.2) is 32.1 Å². The van der Waals surface area contributed by atoms with E-state index in [1.165, 1.54) is 96.3 Å². The Bertz CT molecular complexity index is 297. The summed E-state index contributed by atoms with van der Waals surface area (Å²) in [5.41, 5.74) is 5.39. The van der Waals surface area contributed by atoms with Crippen LogP contribution in [0.15, 0.2) is 0 Å². The van der Waals surface area contributed by atoms with Crippen LogP contribution < -0.4 is 16.4 Å². The molecule has 162 valence electrons. The first-order valence-corrected chi connectivity index (χ1v) is 12.0. The fourth-order valence-corrected chi connectivity index (χ4v) is 3.44. The summed E-state index contributed by atoms with van der Waals surface area (Å²) in [5, 5.41) is 6.13. The van der Waals surface area contributed by atoms with Crippen LogP contribution in [0.3, 0.4) is 0 Å². The van der Waals surface area contributed by atoms with Gasteiger partial charge in [0.15, 0.2) is 0 Å². The third kappa shape index (κ3) is 23.4. The highest BCUT2D eigenvalue weighted by Gasteiger charge is 2.00. The van der Waals surface area contributed by atoms with Crippen molar-refractivity contribution in [3.8, 4) is 0 Å². The predicted octanol–water partition coefficient (Wildman–Crippen LogP) is 5.30. The first-order valence-electron chi connectivity index (χ1n) is 12.0. The van der Waals surface area contributed by atoms with Crippen molar-refractivity contribution in [1.29, 1.82) is 0 Å². The lowest BCUT2D eigenvalue weighted by atomic mass is 10.0. The van der Waals surface area contributed by atoms with Crippen molar-refractivity contribution in [3.05, 3.63) is 0 Å². The van der Waals surface area contributed by atoms with Crippen molar-refractivity contribution in [2.75, 3.05) is 26.2 Å². The van der Waals surface area contributed by atoms with Gasteiger partial charge in [0.05, 0.1) is 0 Å². The van der Waals surface area contributed by atoms with E-state index in [1.807, 2.05) is 0 Å². The fourth-order valence-electron chi connectivity index (χ4n) is 3.44. The van der Waals surface area contributed by atoms with E-state index in [-0.39, 0.29) is 5.91 Å². The molecule has 0 aromatic carbocycles. The molecule has 0 fully saturated rings. The molecule has 0 heterocycles. The van der Waals surface area contributed by atoms with Gasteiger partial charge >= 0.3 is 0 Å². The molecule has 0 atom stereocenters. The summed E-state index contributed by atoms with van der Waals surface area (Å²) in [7, 11) is 0. The van der Waals surface area contributed by atoms with Crippen LogP contribution in [0.4, 0.5) is 0 Å². The third-order valence-electron chi connectivity index (χ3n) is 5.20. The van der Waals surface area contributed by atoms with Gasteiger partial charge in [0.2, 0.25) is 5.91 Å². The molecule has 0 rings (SSSR count). The molecule has 0 unspecified atom stereocenters. The molecule has 4 N–H and O–H groups in total. The van der Waals surface area contributed by atoms with Gasteiger partial charge in [0, 0.05) is 32.6 Å². The number of rotatable bonds is 22. The summed E-state index contributed by atoms with van der Waals surface area (Å²) in [6, 6.07) is 0. The SMILES string of the molecule is CCCCCCCCCCCCCCCCCCC(=O)NCCNCCN. The van der Waals surface area contributed by atoms with E-state index in [4.69, 9.17) is 5.73 Å². The number of carbonyl (C=O) groups excluding carboxylic acids is 1. The van der Waals surface area contributed by atoms with Gasteiger partial charge in [0.25, 0.3) is 0 Å². The highest BCUT2D eigenvalue weighted by molar-refractivity contribution is 5.75. The maximum absolute atomic E-state index is 11.7. The molecule has 0 saturated heterocycles. The monoisotopic (exact) mass is 383 g/mol. The minimum Gasteiger partial charge on any atom is -0.355 e. The maximum Gasteiger partial charge on any atom is 0.220 e. The Kier molecular flexibility index (Phi) is 22.9. The lowest BCUT2D eigenvalue weighted by molar-refractivity contribution is -0.121. The van der Waals surface area contributed by atoms with Crippen molar-refractivity contribution >= 4 is 5.91 Å². The van der Waals surface area contributed by atoms with Gasteiger partial charge in [-0.25, -0.2) is 0 Å². The van der Waals surface area contributed by atoms with E-state index in [0.29, 0.717) is 19.5 Å². The first-order chi connectivity index (χ1) is 13.3. The lowest BCUT2D eigenvalue weighted by Gasteiger charge is -2.06. The summed E-state index contributed by atoms with van der Waals surface area (Å²) < 4.78 is 0. The van der Waals surface area contributed by atoms with Crippen molar-refractivity contribution in [3.63, 3.8) is 0 Å². The smallest absolute Gasteiger partial charge is 0.220 e. The molecule has 4 nitrogen and oxygen atoms in total. The van der Waals surface area contributed by atoms with Crippen molar-refractivity contribution in [1.82, 2.24) is 10.6 Å². The number of carbonyl (C=O) groups is 1. The average molecular weight is 384 g/mol. The molecule has 0 bridgehead atoms. The molecular weight excluding hydrogens is 334 g/mol. The fraction of sp³-hybridized carbons (Fsp3) is 0.957. The van der Waals surface area contributed by atoms with Crippen LogP contribution in [-0.2, 0) is 4.79 Å². The van der Waals surface area contributed by atoms with Gasteiger partial charge in [-0.3, -0.25) is 4.79 Å². The molecule has 0 aromatic rings. The van der Waals surface area contributed by atoms with Gasteiger partial charge in [-0.15, -0.1) is 0 Å². The van der Waals surface area contributed by atoms with E-state index < -0.39 is 0 Å². The Labute approximate surface area is 169 Å². The van der Waals surface area contributed by atoms with E-state index in [2.05, 4.69) is 17.6 Å². The lowest BCUT2D eigenvalue weighted by Crippen LogP contribution is -2.33. The second kappa shape index (κ2) is 23.4. The van der Waals surface area contributed by atoms with Crippen LogP contribution in [0.25, 0.3) is 0 Å². The van der Waals surface area contributed by atoms with Crippen LogP contribution >= 0.6 is 0 Å².